The minimum atomic E-state index is -1.03. The summed E-state index contributed by atoms with van der Waals surface area (Å²) in [5, 5.41) is 10.4. The van der Waals surface area contributed by atoms with Crippen LogP contribution in [0.2, 0.25) is 0 Å². The van der Waals surface area contributed by atoms with Crippen LogP contribution >= 0.6 is 0 Å². The first-order valence-electron chi connectivity index (χ1n) is 4.76. The summed E-state index contributed by atoms with van der Waals surface area (Å²) < 4.78 is 5.08. The molecule has 15 heavy (non-hydrogen) atoms. The van der Waals surface area contributed by atoms with E-state index in [0.717, 1.165) is 16.2 Å². The minimum Gasteiger partial charge on any atom is -0.544 e. The first-order chi connectivity index (χ1) is 7.11. The van der Waals surface area contributed by atoms with Crippen molar-refractivity contribution in [1.82, 2.24) is 0 Å². The quantitative estimate of drug-likeness (QED) is 0.639. The monoisotopic (exact) mass is 209 g/mol. The second kappa shape index (κ2) is 5.36. The van der Waals surface area contributed by atoms with Gasteiger partial charge in [0.2, 0.25) is 0 Å². The number of carbonyl (C=O) groups is 1. The van der Waals surface area contributed by atoms with Crippen LogP contribution < -0.4 is 14.7 Å². The zero-order valence-corrected chi connectivity index (χ0v) is 8.95. The molecule has 0 aliphatic carbocycles. The third-order valence-corrected chi connectivity index (χ3v) is 2.09. The summed E-state index contributed by atoms with van der Waals surface area (Å²) in [7, 11) is 3.42. The Morgan fingerprint density at radius 3 is 2.87 bits per heavy atom. The van der Waals surface area contributed by atoms with Gasteiger partial charge in [0, 0.05) is 5.56 Å². The van der Waals surface area contributed by atoms with E-state index < -0.39 is 5.97 Å². The molecule has 0 bridgehead atoms. The van der Waals surface area contributed by atoms with Crippen molar-refractivity contribution < 1.29 is 19.5 Å². The van der Waals surface area contributed by atoms with Crippen molar-refractivity contribution in [1.29, 1.82) is 0 Å². The van der Waals surface area contributed by atoms with Gasteiger partial charge in [0.15, 0.2) is 0 Å². The molecule has 1 aromatic rings. The normalized spacial score (nSPS) is 12.1. The van der Waals surface area contributed by atoms with Crippen molar-refractivity contribution in [2.75, 3.05) is 20.7 Å². The number of aliphatic carboxylic acids is 1. The molecule has 0 spiro atoms. The largest absolute Gasteiger partial charge is 0.544 e. The van der Waals surface area contributed by atoms with Crippen LogP contribution in [0.25, 0.3) is 0 Å². The number of rotatable bonds is 5. The summed E-state index contributed by atoms with van der Waals surface area (Å²) in [5.74, 6) is -0.246. The molecule has 1 N–H and O–H groups in total. The highest BCUT2D eigenvalue weighted by molar-refractivity contribution is 5.65. The molecule has 1 rings (SSSR count). The Hall–Kier alpha value is -1.55. The van der Waals surface area contributed by atoms with E-state index in [9.17, 15) is 9.90 Å². The number of carboxylic acid groups (broad SMARTS) is 1. The Morgan fingerprint density at radius 1 is 1.53 bits per heavy atom. The third-order valence-electron chi connectivity index (χ3n) is 2.09. The van der Waals surface area contributed by atoms with Crippen molar-refractivity contribution in [3.8, 4) is 5.75 Å². The van der Waals surface area contributed by atoms with Crippen LogP contribution in [-0.4, -0.2) is 26.7 Å². The minimum absolute atomic E-state index is 0.0111. The number of carbonyl (C=O) groups excluding carboxylic acids is 1. The summed E-state index contributed by atoms with van der Waals surface area (Å²) in [5.41, 5.74) is 1.05. The van der Waals surface area contributed by atoms with E-state index in [0.29, 0.717) is 6.54 Å². The van der Waals surface area contributed by atoms with Gasteiger partial charge in [-0.05, 0) is 12.1 Å². The van der Waals surface area contributed by atoms with Crippen molar-refractivity contribution >= 4 is 5.97 Å². The zero-order valence-electron chi connectivity index (χ0n) is 8.95. The van der Waals surface area contributed by atoms with Crippen LogP contribution in [0.1, 0.15) is 5.56 Å². The summed E-state index contributed by atoms with van der Waals surface area (Å²) in [6, 6.07) is 7.60. The smallest absolute Gasteiger partial charge is 0.119 e. The number of ether oxygens (including phenoxy) is 1. The van der Waals surface area contributed by atoms with Crippen LogP contribution in [0.3, 0.4) is 0 Å². The van der Waals surface area contributed by atoms with E-state index in [1.165, 1.54) is 0 Å². The molecular formula is C11H15NO3. The number of quaternary nitrogens is 1. The predicted octanol–water partition coefficient (Wildman–Crippen LogP) is -1.54. The Kier molecular flexibility index (Phi) is 4.12. The fourth-order valence-corrected chi connectivity index (χ4v) is 1.44. The van der Waals surface area contributed by atoms with Crippen molar-refractivity contribution in [2.24, 2.45) is 0 Å². The van der Waals surface area contributed by atoms with E-state index in [4.69, 9.17) is 4.74 Å². The van der Waals surface area contributed by atoms with Crippen LogP contribution in [0, 0.1) is 0 Å². The fourth-order valence-electron chi connectivity index (χ4n) is 1.44. The standard InChI is InChI=1S/C11H15NO3/c1-12(8-11(13)14)7-9-4-3-5-10(6-9)15-2/h3-6H,7-8H2,1-2H3,(H,13,14). The molecule has 0 aliphatic rings. The molecular weight excluding hydrogens is 194 g/mol. The molecule has 1 aromatic carbocycles. The molecule has 4 nitrogen and oxygen atoms in total. The molecule has 1 atom stereocenters. The number of hydrogen-bond acceptors (Lipinski definition) is 3. The van der Waals surface area contributed by atoms with Gasteiger partial charge in [0.25, 0.3) is 0 Å². The molecule has 0 radical (unpaired) electrons. The maximum Gasteiger partial charge on any atom is 0.119 e. The first-order valence-corrected chi connectivity index (χ1v) is 4.76. The Morgan fingerprint density at radius 2 is 2.27 bits per heavy atom. The van der Waals surface area contributed by atoms with Gasteiger partial charge in [-0.3, -0.25) is 0 Å². The highest BCUT2D eigenvalue weighted by Gasteiger charge is 2.04. The maximum atomic E-state index is 10.4. The van der Waals surface area contributed by atoms with Crippen molar-refractivity contribution in [2.45, 2.75) is 6.54 Å². The zero-order chi connectivity index (χ0) is 11.3. The average molecular weight is 209 g/mol. The lowest BCUT2D eigenvalue weighted by Crippen LogP contribution is -3.09. The molecule has 0 amide bonds. The molecule has 0 aromatic heterocycles. The number of nitrogens with one attached hydrogen (secondary N) is 1. The Balaban J connectivity index is 2.59. The number of likely N-dealkylation sites (N-methyl/N-ethyl adjacent to an activating group) is 1. The van der Waals surface area contributed by atoms with E-state index >= 15 is 0 Å². The predicted molar refractivity (Wildman–Crippen MR) is 53.5 cm³/mol. The molecule has 0 saturated carbocycles. The van der Waals surface area contributed by atoms with Crippen LogP contribution in [-0.2, 0) is 11.3 Å². The van der Waals surface area contributed by atoms with E-state index in [1.54, 1.807) is 7.11 Å². The van der Waals surface area contributed by atoms with Gasteiger partial charge in [-0.2, -0.15) is 0 Å². The Bertz CT molecular complexity index is 338. The second-order valence-corrected chi connectivity index (χ2v) is 3.53. The van der Waals surface area contributed by atoms with Gasteiger partial charge < -0.3 is 19.5 Å². The maximum absolute atomic E-state index is 10.4. The summed E-state index contributed by atoms with van der Waals surface area (Å²) in [6.45, 7) is 0.655. The van der Waals surface area contributed by atoms with Crippen molar-refractivity contribution in [3.05, 3.63) is 29.8 Å². The fraction of sp³-hybridized carbons (Fsp3) is 0.364. The lowest BCUT2D eigenvalue weighted by molar-refractivity contribution is -0.887. The van der Waals surface area contributed by atoms with Crippen molar-refractivity contribution in [3.63, 3.8) is 0 Å². The molecule has 0 saturated heterocycles. The lowest BCUT2D eigenvalue weighted by Gasteiger charge is -2.14. The van der Waals surface area contributed by atoms with Gasteiger partial charge >= 0.3 is 0 Å². The van der Waals surface area contributed by atoms with E-state index in [1.807, 2.05) is 31.3 Å². The molecule has 82 valence electrons. The SMILES string of the molecule is COc1cccc(C[NH+](C)CC(=O)[O-])c1. The van der Waals surface area contributed by atoms with Gasteiger partial charge in [-0.1, -0.05) is 12.1 Å². The van der Waals surface area contributed by atoms with Gasteiger partial charge in [-0.25, -0.2) is 0 Å². The number of methoxy groups -OCH3 is 1. The highest BCUT2D eigenvalue weighted by atomic mass is 16.5. The lowest BCUT2D eigenvalue weighted by atomic mass is 10.2. The first kappa shape index (κ1) is 11.5. The van der Waals surface area contributed by atoms with Gasteiger partial charge in [0.1, 0.15) is 18.8 Å². The number of hydrogen-bond donors (Lipinski definition) is 1. The van der Waals surface area contributed by atoms with E-state index in [2.05, 4.69) is 0 Å². The summed E-state index contributed by atoms with van der Waals surface area (Å²) in [4.78, 5) is 11.2. The van der Waals surface area contributed by atoms with Gasteiger partial charge in [0.05, 0.1) is 20.1 Å². The number of benzene rings is 1. The highest BCUT2D eigenvalue weighted by Crippen LogP contribution is 2.11. The summed E-state index contributed by atoms with van der Waals surface area (Å²) in [6.07, 6.45) is 0. The number of carboxylic acids is 1. The van der Waals surface area contributed by atoms with Crippen LogP contribution in [0.5, 0.6) is 5.75 Å². The average Bonchev–Trinajstić information content (AvgIpc) is 2.16. The molecule has 1 unspecified atom stereocenters. The molecule has 0 aliphatic heterocycles. The topological polar surface area (TPSA) is 53.8 Å². The van der Waals surface area contributed by atoms with Crippen LogP contribution in [0.15, 0.2) is 24.3 Å². The summed E-state index contributed by atoms with van der Waals surface area (Å²) >= 11 is 0. The third kappa shape index (κ3) is 3.99. The van der Waals surface area contributed by atoms with E-state index in [-0.39, 0.29) is 6.54 Å². The molecule has 0 heterocycles. The molecule has 0 fully saturated rings. The van der Waals surface area contributed by atoms with Gasteiger partial charge in [-0.15, -0.1) is 0 Å². The van der Waals surface area contributed by atoms with Crippen LogP contribution in [0.4, 0.5) is 0 Å². The second-order valence-electron chi connectivity index (χ2n) is 3.53. The molecule has 4 heteroatoms. The Labute approximate surface area is 89.1 Å².